The highest BCUT2D eigenvalue weighted by atomic mass is 16.4. The van der Waals surface area contributed by atoms with E-state index in [4.69, 9.17) is 4.42 Å². The molecule has 104 valence electrons. The molecule has 1 aromatic heterocycles. The van der Waals surface area contributed by atoms with Gasteiger partial charge in [0.05, 0.1) is 0 Å². The van der Waals surface area contributed by atoms with Gasteiger partial charge in [0.15, 0.2) is 5.76 Å². The van der Waals surface area contributed by atoms with Gasteiger partial charge in [0.25, 0.3) is 5.91 Å². The minimum atomic E-state index is -1.13. The number of carbonyl (C=O) groups is 2. The normalized spacial score (nSPS) is 23.4. The van der Waals surface area contributed by atoms with E-state index < -0.39 is 11.5 Å². The Hall–Kier alpha value is -1.78. The van der Waals surface area contributed by atoms with Crippen molar-refractivity contribution >= 4 is 11.9 Å². The molecule has 19 heavy (non-hydrogen) atoms. The van der Waals surface area contributed by atoms with Gasteiger partial charge in [-0.05, 0) is 38.3 Å². The van der Waals surface area contributed by atoms with Crippen LogP contribution in [0, 0.1) is 0 Å². The second-order valence-electron chi connectivity index (χ2n) is 5.11. The van der Waals surface area contributed by atoms with Crippen LogP contribution in [0.1, 0.15) is 49.4 Å². The first kappa shape index (κ1) is 13.6. The van der Waals surface area contributed by atoms with Gasteiger partial charge in [-0.1, -0.05) is 6.92 Å². The Kier molecular flexibility index (Phi) is 3.64. The first-order chi connectivity index (χ1) is 8.99. The molecule has 0 aliphatic carbocycles. The lowest BCUT2D eigenvalue weighted by atomic mass is 9.88. The number of carboxylic acid groups (broad SMARTS) is 1. The van der Waals surface area contributed by atoms with Gasteiger partial charge in [-0.15, -0.1) is 0 Å². The predicted octanol–water partition coefficient (Wildman–Crippen LogP) is 2.31. The summed E-state index contributed by atoms with van der Waals surface area (Å²) < 4.78 is 5.44. The van der Waals surface area contributed by atoms with Gasteiger partial charge in [0.1, 0.15) is 11.3 Å². The number of hydrogen-bond acceptors (Lipinski definition) is 3. The van der Waals surface area contributed by atoms with Crippen LogP contribution in [0.15, 0.2) is 16.5 Å². The molecular weight excluding hydrogens is 246 g/mol. The van der Waals surface area contributed by atoms with Crippen LogP contribution in [0.2, 0.25) is 0 Å². The average Bonchev–Trinajstić information content (AvgIpc) is 2.87. The van der Waals surface area contributed by atoms with Gasteiger partial charge in [0.2, 0.25) is 0 Å². The zero-order valence-corrected chi connectivity index (χ0v) is 11.3. The summed E-state index contributed by atoms with van der Waals surface area (Å²) in [5, 5.41) is 9.39. The lowest BCUT2D eigenvalue weighted by Crippen LogP contribution is -2.57. The Morgan fingerprint density at radius 1 is 1.42 bits per heavy atom. The Labute approximate surface area is 112 Å². The van der Waals surface area contributed by atoms with Gasteiger partial charge in [-0.25, -0.2) is 4.79 Å². The monoisotopic (exact) mass is 265 g/mol. The van der Waals surface area contributed by atoms with Gasteiger partial charge in [-0.3, -0.25) is 4.79 Å². The highest BCUT2D eigenvalue weighted by molar-refractivity contribution is 5.95. The SMILES string of the molecule is CCc1ccc(C(=O)N2CCCCC2(C)C(=O)O)o1. The number of piperidine rings is 1. The third-order valence-corrected chi connectivity index (χ3v) is 3.82. The van der Waals surface area contributed by atoms with Gasteiger partial charge < -0.3 is 14.4 Å². The number of rotatable bonds is 3. The molecule has 1 unspecified atom stereocenters. The van der Waals surface area contributed by atoms with Crippen molar-refractivity contribution in [1.29, 1.82) is 0 Å². The topological polar surface area (TPSA) is 70.8 Å². The van der Waals surface area contributed by atoms with Crippen molar-refractivity contribution in [3.05, 3.63) is 23.7 Å². The van der Waals surface area contributed by atoms with E-state index in [2.05, 4.69) is 0 Å². The molecule has 2 heterocycles. The largest absolute Gasteiger partial charge is 0.480 e. The summed E-state index contributed by atoms with van der Waals surface area (Å²) in [6, 6.07) is 3.38. The second-order valence-corrected chi connectivity index (χ2v) is 5.11. The van der Waals surface area contributed by atoms with Crippen LogP contribution in [0.3, 0.4) is 0 Å². The van der Waals surface area contributed by atoms with Crippen molar-refractivity contribution < 1.29 is 19.1 Å². The zero-order chi connectivity index (χ0) is 14.0. The van der Waals surface area contributed by atoms with E-state index in [9.17, 15) is 14.7 Å². The number of carbonyl (C=O) groups excluding carboxylic acids is 1. The Balaban J connectivity index is 2.27. The summed E-state index contributed by atoms with van der Waals surface area (Å²) in [5.41, 5.74) is -1.13. The smallest absolute Gasteiger partial charge is 0.329 e. The number of aryl methyl sites for hydroxylation is 1. The molecule has 1 amide bonds. The van der Waals surface area contributed by atoms with E-state index in [1.165, 1.54) is 4.90 Å². The molecule has 5 nitrogen and oxygen atoms in total. The van der Waals surface area contributed by atoms with Gasteiger partial charge in [0, 0.05) is 13.0 Å². The van der Waals surface area contributed by atoms with Crippen molar-refractivity contribution in [3.8, 4) is 0 Å². The Bertz CT molecular complexity index is 493. The van der Waals surface area contributed by atoms with E-state index in [1.807, 2.05) is 6.92 Å². The van der Waals surface area contributed by atoms with Crippen molar-refractivity contribution in [2.75, 3.05) is 6.54 Å². The van der Waals surface area contributed by atoms with Crippen molar-refractivity contribution in [3.63, 3.8) is 0 Å². The van der Waals surface area contributed by atoms with Gasteiger partial charge >= 0.3 is 5.97 Å². The van der Waals surface area contributed by atoms with Crippen LogP contribution in [0.5, 0.6) is 0 Å². The Morgan fingerprint density at radius 2 is 2.16 bits per heavy atom. The first-order valence-electron chi connectivity index (χ1n) is 6.63. The van der Waals surface area contributed by atoms with Crippen LogP contribution < -0.4 is 0 Å². The molecule has 1 aliphatic rings. The van der Waals surface area contributed by atoms with Crippen LogP contribution in [0.4, 0.5) is 0 Å². The maximum absolute atomic E-state index is 12.4. The molecule has 2 rings (SSSR count). The minimum Gasteiger partial charge on any atom is -0.480 e. The molecule has 1 aromatic rings. The molecule has 5 heteroatoms. The fraction of sp³-hybridized carbons (Fsp3) is 0.571. The lowest BCUT2D eigenvalue weighted by Gasteiger charge is -2.41. The lowest BCUT2D eigenvalue weighted by molar-refractivity contribution is -0.150. The number of nitrogens with zero attached hydrogens (tertiary/aromatic N) is 1. The van der Waals surface area contributed by atoms with E-state index >= 15 is 0 Å². The summed E-state index contributed by atoms with van der Waals surface area (Å²) in [4.78, 5) is 25.3. The second kappa shape index (κ2) is 5.07. The van der Waals surface area contributed by atoms with Gasteiger partial charge in [-0.2, -0.15) is 0 Å². The van der Waals surface area contributed by atoms with Crippen molar-refractivity contribution in [2.24, 2.45) is 0 Å². The van der Waals surface area contributed by atoms with E-state index in [0.29, 0.717) is 19.4 Å². The number of carboxylic acids is 1. The minimum absolute atomic E-state index is 0.228. The van der Waals surface area contributed by atoms with Crippen molar-refractivity contribution in [1.82, 2.24) is 4.90 Å². The third-order valence-electron chi connectivity index (χ3n) is 3.82. The number of furan rings is 1. The van der Waals surface area contributed by atoms with Crippen LogP contribution in [0.25, 0.3) is 0 Å². The summed E-state index contributed by atoms with van der Waals surface area (Å²) in [6.07, 6.45) is 2.85. The number of likely N-dealkylation sites (tertiary alicyclic amines) is 1. The van der Waals surface area contributed by atoms with E-state index in [0.717, 1.165) is 18.6 Å². The highest BCUT2D eigenvalue weighted by Crippen LogP contribution is 2.30. The highest BCUT2D eigenvalue weighted by Gasteiger charge is 2.44. The summed E-state index contributed by atoms with van der Waals surface area (Å²) in [5.74, 6) is -0.323. The number of amides is 1. The van der Waals surface area contributed by atoms with Crippen LogP contribution in [-0.4, -0.2) is 34.0 Å². The van der Waals surface area contributed by atoms with Crippen LogP contribution in [-0.2, 0) is 11.2 Å². The summed E-state index contributed by atoms with van der Waals surface area (Å²) in [7, 11) is 0. The van der Waals surface area contributed by atoms with E-state index in [-0.39, 0.29) is 11.7 Å². The molecule has 0 aromatic carbocycles. The molecule has 1 N–H and O–H groups in total. The van der Waals surface area contributed by atoms with Crippen LogP contribution >= 0.6 is 0 Å². The summed E-state index contributed by atoms with van der Waals surface area (Å²) >= 11 is 0. The summed E-state index contributed by atoms with van der Waals surface area (Å²) in [6.45, 7) is 4.01. The number of aliphatic carboxylic acids is 1. The molecule has 0 spiro atoms. The molecule has 1 fully saturated rings. The Morgan fingerprint density at radius 3 is 2.74 bits per heavy atom. The standard InChI is InChI=1S/C14H19NO4/c1-3-10-6-7-11(19-10)12(16)15-9-5-4-8-14(15,2)13(17)18/h6-7H,3-5,8-9H2,1-2H3,(H,17,18). The predicted molar refractivity (Wildman–Crippen MR) is 69.0 cm³/mol. The maximum atomic E-state index is 12.4. The zero-order valence-electron chi connectivity index (χ0n) is 11.3. The quantitative estimate of drug-likeness (QED) is 0.910. The molecule has 0 bridgehead atoms. The van der Waals surface area contributed by atoms with E-state index in [1.54, 1.807) is 19.1 Å². The fourth-order valence-corrected chi connectivity index (χ4v) is 2.48. The van der Waals surface area contributed by atoms with Crippen molar-refractivity contribution in [2.45, 2.75) is 45.1 Å². The fourth-order valence-electron chi connectivity index (χ4n) is 2.48. The molecular formula is C14H19NO4. The molecule has 0 saturated carbocycles. The molecule has 1 aliphatic heterocycles. The molecule has 0 radical (unpaired) electrons. The third kappa shape index (κ3) is 2.37. The number of hydrogen-bond donors (Lipinski definition) is 1. The average molecular weight is 265 g/mol. The molecule has 1 saturated heterocycles. The first-order valence-corrected chi connectivity index (χ1v) is 6.63. The maximum Gasteiger partial charge on any atom is 0.329 e. The molecule has 1 atom stereocenters.